The van der Waals surface area contributed by atoms with E-state index in [-0.39, 0.29) is 11.6 Å². The second-order valence-corrected chi connectivity index (χ2v) is 5.50. The Bertz CT molecular complexity index is 402. The predicted molar refractivity (Wildman–Crippen MR) is 65.6 cm³/mol. The molecule has 0 saturated heterocycles. The van der Waals surface area contributed by atoms with Gasteiger partial charge in [0.2, 0.25) is 0 Å². The van der Waals surface area contributed by atoms with Crippen LogP contribution in [0.25, 0.3) is 0 Å². The summed E-state index contributed by atoms with van der Waals surface area (Å²) in [5.41, 5.74) is 0.462. The van der Waals surface area contributed by atoms with Crippen LogP contribution >= 0.6 is 0 Å². The fraction of sp³-hybridized carbons (Fsp3) is 0.500. The minimum atomic E-state index is -0.454. The molecule has 2 rings (SSSR count). The fourth-order valence-corrected chi connectivity index (χ4v) is 1.82. The summed E-state index contributed by atoms with van der Waals surface area (Å²) in [6, 6.07) is 10.7. The lowest BCUT2D eigenvalue weighted by Crippen LogP contribution is -2.39. The number of hydrogen-bond acceptors (Lipinski definition) is 2. The van der Waals surface area contributed by atoms with E-state index < -0.39 is 5.60 Å². The fourth-order valence-electron chi connectivity index (χ4n) is 1.82. The molecule has 0 heterocycles. The third kappa shape index (κ3) is 2.99. The molecule has 1 fully saturated rings. The zero-order valence-electron chi connectivity index (χ0n) is 10.5. The summed E-state index contributed by atoms with van der Waals surface area (Å²) in [6.45, 7) is 5.59. The first kappa shape index (κ1) is 12.0. The van der Waals surface area contributed by atoms with Gasteiger partial charge in [-0.3, -0.25) is 0 Å². The summed E-state index contributed by atoms with van der Waals surface area (Å²) < 4.78 is 5.28. The van der Waals surface area contributed by atoms with Crippen molar-refractivity contribution in [2.24, 2.45) is 0 Å². The van der Waals surface area contributed by atoms with Crippen molar-refractivity contribution in [1.29, 1.82) is 0 Å². The van der Waals surface area contributed by atoms with Crippen molar-refractivity contribution >= 4 is 6.09 Å². The summed E-state index contributed by atoms with van der Waals surface area (Å²) in [5.74, 6) is 0. The second-order valence-electron chi connectivity index (χ2n) is 5.50. The molecule has 0 spiro atoms. The van der Waals surface area contributed by atoms with Crippen LogP contribution in [0.15, 0.2) is 24.3 Å². The molecule has 1 aliphatic rings. The number of amides is 1. The molecule has 1 saturated carbocycles. The van der Waals surface area contributed by atoms with Crippen molar-refractivity contribution in [3.8, 4) is 0 Å². The highest BCUT2D eigenvalue weighted by Gasteiger charge is 2.46. The molecule has 1 aromatic rings. The molecular formula is C14H18NO2. The van der Waals surface area contributed by atoms with E-state index >= 15 is 0 Å². The number of nitrogens with one attached hydrogen (secondary N) is 1. The molecule has 91 valence electrons. The Morgan fingerprint density at radius 3 is 2.41 bits per heavy atom. The van der Waals surface area contributed by atoms with Gasteiger partial charge in [-0.25, -0.2) is 4.79 Å². The maximum absolute atomic E-state index is 11.7. The van der Waals surface area contributed by atoms with Crippen molar-refractivity contribution in [3.63, 3.8) is 0 Å². The van der Waals surface area contributed by atoms with Crippen LogP contribution in [0.1, 0.15) is 39.2 Å². The van der Waals surface area contributed by atoms with Gasteiger partial charge in [0.15, 0.2) is 0 Å². The highest BCUT2D eigenvalue weighted by Crippen LogP contribution is 2.45. The number of ether oxygens (including phenoxy) is 1. The van der Waals surface area contributed by atoms with Gasteiger partial charge < -0.3 is 10.1 Å². The smallest absolute Gasteiger partial charge is 0.408 e. The van der Waals surface area contributed by atoms with E-state index in [1.165, 1.54) is 0 Å². The largest absolute Gasteiger partial charge is 0.444 e. The predicted octanol–water partition coefficient (Wildman–Crippen LogP) is 3.00. The summed E-state index contributed by atoms with van der Waals surface area (Å²) in [4.78, 5) is 11.7. The van der Waals surface area contributed by atoms with E-state index in [2.05, 4.69) is 11.4 Å². The minimum Gasteiger partial charge on any atom is -0.444 e. The first-order chi connectivity index (χ1) is 7.91. The SMILES string of the molecule is CC(C)(C)OC(=O)NC1(c2cc[c]cc2)CC1. The number of rotatable bonds is 2. The number of benzene rings is 1. The summed E-state index contributed by atoms with van der Waals surface area (Å²) in [5, 5.41) is 2.97. The number of carbonyl (C=O) groups is 1. The first-order valence-electron chi connectivity index (χ1n) is 5.89. The molecule has 0 atom stereocenters. The lowest BCUT2D eigenvalue weighted by atomic mass is 10.1. The quantitative estimate of drug-likeness (QED) is 0.851. The highest BCUT2D eigenvalue weighted by molar-refractivity contribution is 5.70. The van der Waals surface area contributed by atoms with Gasteiger partial charge in [-0.1, -0.05) is 24.3 Å². The molecule has 3 nitrogen and oxygen atoms in total. The molecule has 1 amide bonds. The number of carbonyl (C=O) groups excluding carboxylic acids is 1. The van der Waals surface area contributed by atoms with Crippen LogP contribution in [0, 0.1) is 6.07 Å². The van der Waals surface area contributed by atoms with Gasteiger partial charge in [-0.2, -0.15) is 0 Å². The molecule has 1 aromatic carbocycles. The van der Waals surface area contributed by atoms with Crippen molar-refractivity contribution in [2.45, 2.75) is 44.8 Å². The van der Waals surface area contributed by atoms with Gasteiger partial charge in [-0.05, 0) is 45.2 Å². The van der Waals surface area contributed by atoms with Crippen molar-refractivity contribution in [3.05, 3.63) is 35.9 Å². The van der Waals surface area contributed by atoms with Gasteiger partial charge in [0.05, 0.1) is 5.54 Å². The van der Waals surface area contributed by atoms with Crippen LogP contribution < -0.4 is 5.32 Å². The monoisotopic (exact) mass is 232 g/mol. The Morgan fingerprint density at radius 2 is 1.94 bits per heavy atom. The van der Waals surface area contributed by atoms with Crippen molar-refractivity contribution in [2.75, 3.05) is 0 Å². The Hall–Kier alpha value is -1.51. The Labute approximate surface area is 102 Å². The van der Waals surface area contributed by atoms with Gasteiger partial charge in [-0.15, -0.1) is 0 Å². The van der Waals surface area contributed by atoms with Crippen LogP contribution in [0.4, 0.5) is 4.79 Å². The standard InChI is InChI=1S/C14H18NO2/c1-13(2,3)17-12(16)15-14(9-10-14)11-7-5-4-6-8-11/h5-8H,9-10H2,1-3H3,(H,15,16). The first-order valence-corrected chi connectivity index (χ1v) is 5.89. The number of hydrogen-bond donors (Lipinski definition) is 1. The van der Waals surface area contributed by atoms with E-state index in [4.69, 9.17) is 4.74 Å². The Balaban J connectivity index is 2.02. The molecule has 0 aromatic heterocycles. The van der Waals surface area contributed by atoms with E-state index in [0.717, 1.165) is 18.4 Å². The highest BCUT2D eigenvalue weighted by atomic mass is 16.6. The topological polar surface area (TPSA) is 38.3 Å². The van der Waals surface area contributed by atoms with E-state index in [1.807, 2.05) is 45.0 Å². The molecule has 3 heteroatoms. The van der Waals surface area contributed by atoms with E-state index in [0.29, 0.717) is 0 Å². The van der Waals surface area contributed by atoms with Crippen LogP contribution in [-0.4, -0.2) is 11.7 Å². The Kier molecular flexibility index (Phi) is 2.86. The zero-order valence-corrected chi connectivity index (χ0v) is 10.5. The average Bonchev–Trinajstić information content (AvgIpc) is 2.97. The third-order valence-corrected chi connectivity index (χ3v) is 2.76. The minimum absolute atomic E-state index is 0.211. The maximum Gasteiger partial charge on any atom is 0.408 e. The van der Waals surface area contributed by atoms with Crippen LogP contribution in [0.3, 0.4) is 0 Å². The molecule has 1 aliphatic carbocycles. The van der Waals surface area contributed by atoms with Crippen molar-refractivity contribution < 1.29 is 9.53 Å². The lowest BCUT2D eigenvalue weighted by molar-refractivity contribution is 0.0495. The van der Waals surface area contributed by atoms with Gasteiger partial charge in [0.25, 0.3) is 0 Å². The zero-order chi connectivity index (χ0) is 12.5. The molecular weight excluding hydrogens is 214 g/mol. The molecule has 0 aliphatic heterocycles. The normalized spacial score (nSPS) is 17.4. The van der Waals surface area contributed by atoms with Crippen LogP contribution in [0.2, 0.25) is 0 Å². The summed E-state index contributed by atoms with van der Waals surface area (Å²) in [7, 11) is 0. The Morgan fingerprint density at radius 1 is 1.35 bits per heavy atom. The van der Waals surface area contributed by atoms with Crippen LogP contribution in [0.5, 0.6) is 0 Å². The third-order valence-electron chi connectivity index (χ3n) is 2.76. The maximum atomic E-state index is 11.7. The molecule has 0 unspecified atom stereocenters. The van der Waals surface area contributed by atoms with Gasteiger partial charge in [0.1, 0.15) is 5.60 Å². The van der Waals surface area contributed by atoms with E-state index in [1.54, 1.807) is 0 Å². The molecule has 17 heavy (non-hydrogen) atoms. The second kappa shape index (κ2) is 4.06. The summed E-state index contributed by atoms with van der Waals surface area (Å²) >= 11 is 0. The van der Waals surface area contributed by atoms with Gasteiger partial charge in [0, 0.05) is 0 Å². The average molecular weight is 232 g/mol. The van der Waals surface area contributed by atoms with Crippen molar-refractivity contribution in [1.82, 2.24) is 5.32 Å². The summed E-state index contributed by atoms with van der Waals surface area (Å²) in [6.07, 6.45) is 1.59. The molecule has 1 radical (unpaired) electrons. The lowest BCUT2D eigenvalue weighted by Gasteiger charge is -2.23. The van der Waals surface area contributed by atoms with Crippen LogP contribution in [-0.2, 0) is 10.3 Å². The molecule has 0 bridgehead atoms. The number of alkyl carbamates (subject to hydrolysis) is 1. The van der Waals surface area contributed by atoms with Gasteiger partial charge >= 0.3 is 6.09 Å². The molecule has 1 N–H and O–H groups in total. The van der Waals surface area contributed by atoms with E-state index in [9.17, 15) is 4.79 Å².